The van der Waals surface area contributed by atoms with Gasteiger partial charge in [-0.1, -0.05) is 0 Å². The van der Waals surface area contributed by atoms with Gasteiger partial charge >= 0.3 is 6.09 Å². The predicted octanol–water partition coefficient (Wildman–Crippen LogP) is 2.92. The smallest absolute Gasteiger partial charge is 0.411 e. The highest BCUT2D eigenvalue weighted by Crippen LogP contribution is 2.28. The molecule has 2 unspecified atom stereocenters. The number of hydrogen-bond acceptors (Lipinski definition) is 6. The summed E-state index contributed by atoms with van der Waals surface area (Å²) >= 11 is 6.11. The Bertz CT molecular complexity index is 523. The van der Waals surface area contributed by atoms with E-state index in [1.807, 2.05) is 6.26 Å². The summed E-state index contributed by atoms with van der Waals surface area (Å²) in [6.07, 6.45) is 2.46. The van der Waals surface area contributed by atoms with Gasteiger partial charge in [-0.2, -0.15) is 24.4 Å². The third-order valence-electron chi connectivity index (χ3n) is 3.31. The van der Waals surface area contributed by atoms with Crippen LogP contribution in [0.4, 0.5) is 10.5 Å². The van der Waals surface area contributed by atoms with Crippen molar-refractivity contribution < 1.29 is 14.5 Å². The van der Waals surface area contributed by atoms with Crippen LogP contribution in [-0.4, -0.2) is 39.3 Å². The van der Waals surface area contributed by atoms with Crippen molar-refractivity contribution in [2.45, 2.75) is 23.7 Å². The number of carbonyl (C=O) groups is 1. The van der Waals surface area contributed by atoms with Gasteiger partial charge in [0.25, 0.3) is 5.69 Å². The van der Waals surface area contributed by atoms with E-state index in [0.29, 0.717) is 17.4 Å². The first-order chi connectivity index (χ1) is 10.0. The van der Waals surface area contributed by atoms with Crippen molar-refractivity contribution in [2.75, 3.05) is 12.8 Å². The largest absolute Gasteiger partial charge is 0.445 e. The number of nitrogens with zero attached hydrogens (tertiary/aromatic N) is 2. The lowest BCUT2D eigenvalue weighted by molar-refractivity contribution is -0.384. The molecule has 1 saturated heterocycles. The number of carbonyl (C=O) groups excluding carboxylic acids is 1. The Labute approximate surface area is 132 Å². The minimum absolute atomic E-state index is 0.0165. The molecule has 1 heterocycles. The maximum absolute atomic E-state index is 12.0. The third kappa shape index (κ3) is 4.04. The zero-order chi connectivity index (χ0) is 15.4. The Balaban J connectivity index is 1.88. The normalized spacial score (nSPS) is 21.3. The predicted molar refractivity (Wildman–Crippen MR) is 84.7 cm³/mol. The van der Waals surface area contributed by atoms with Crippen LogP contribution in [0.25, 0.3) is 0 Å². The van der Waals surface area contributed by atoms with Crippen molar-refractivity contribution >= 4 is 36.2 Å². The lowest BCUT2D eigenvalue weighted by Gasteiger charge is -2.20. The van der Waals surface area contributed by atoms with Gasteiger partial charge in [0, 0.05) is 23.9 Å². The molecule has 0 N–H and O–H groups in total. The fourth-order valence-electron chi connectivity index (χ4n) is 2.09. The second-order valence-electron chi connectivity index (χ2n) is 4.70. The topological polar surface area (TPSA) is 72.7 Å². The van der Waals surface area contributed by atoms with E-state index in [1.54, 1.807) is 28.8 Å². The molecule has 2 rings (SSSR count). The number of hydrogen-bond donors (Lipinski definition) is 1. The van der Waals surface area contributed by atoms with E-state index in [-0.39, 0.29) is 17.7 Å². The Morgan fingerprint density at radius 3 is 2.71 bits per heavy atom. The highest BCUT2D eigenvalue weighted by Gasteiger charge is 2.33. The van der Waals surface area contributed by atoms with Crippen LogP contribution < -0.4 is 0 Å². The van der Waals surface area contributed by atoms with Crippen molar-refractivity contribution in [2.24, 2.45) is 0 Å². The van der Waals surface area contributed by atoms with Gasteiger partial charge in [-0.15, -0.1) is 0 Å². The number of benzene rings is 1. The van der Waals surface area contributed by atoms with Gasteiger partial charge in [0.1, 0.15) is 6.61 Å². The van der Waals surface area contributed by atoms with E-state index in [1.165, 1.54) is 12.1 Å². The Kier molecular flexibility index (Phi) is 5.35. The van der Waals surface area contributed by atoms with Crippen molar-refractivity contribution in [1.82, 2.24) is 4.90 Å². The minimum atomic E-state index is -0.464. The van der Waals surface area contributed by atoms with Crippen molar-refractivity contribution in [1.29, 1.82) is 0 Å². The van der Waals surface area contributed by atoms with Crippen molar-refractivity contribution in [3.63, 3.8) is 0 Å². The fourth-order valence-corrected chi connectivity index (χ4v) is 3.36. The van der Waals surface area contributed by atoms with Crippen LogP contribution in [0.15, 0.2) is 24.3 Å². The standard InChI is InChI=1S/C13H16N2O4S2/c1-21-11-6-12(20)14(7-11)13(16)19-8-9-2-4-10(5-3-9)15(17)18/h2-5,11-12,20H,6-8H2,1H3. The van der Waals surface area contributed by atoms with Crippen LogP contribution in [0, 0.1) is 10.1 Å². The maximum Gasteiger partial charge on any atom is 0.411 e. The van der Waals surface area contributed by atoms with Gasteiger partial charge in [0.2, 0.25) is 0 Å². The lowest BCUT2D eigenvalue weighted by Crippen LogP contribution is -2.33. The van der Waals surface area contributed by atoms with Crippen LogP contribution in [0.1, 0.15) is 12.0 Å². The zero-order valence-electron chi connectivity index (χ0n) is 11.5. The van der Waals surface area contributed by atoms with E-state index in [9.17, 15) is 14.9 Å². The number of rotatable bonds is 4. The molecule has 1 aromatic rings. The first-order valence-corrected chi connectivity index (χ1v) is 8.19. The minimum Gasteiger partial charge on any atom is -0.445 e. The molecule has 8 heteroatoms. The lowest BCUT2D eigenvalue weighted by atomic mass is 10.2. The molecule has 6 nitrogen and oxygen atoms in total. The SMILES string of the molecule is CSC1CC(S)N(C(=O)OCc2ccc([N+](=O)[O-])cc2)C1. The summed E-state index contributed by atoms with van der Waals surface area (Å²) in [6.45, 7) is 0.728. The molecule has 1 amide bonds. The molecule has 1 aliphatic heterocycles. The summed E-state index contributed by atoms with van der Waals surface area (Å²) in [6, 6.07) is 5.95. The van der Waals surface area contributed by atoms with E-state index in [2.05, 4.69) is 12.6 Å². The zero-order valence-corrected chi connectivity index (χ0v) is 13.2. The molecule has 0 aromatic heterocycles. The molecule has 0 saturated carbocycles. The second kappa shape index (κ2) is 7.04. The van der Waals surface area contributed by atoms with E-state index < -0.39 is 11.0 Å². The average molecular weight is 328 g/mol. The molecule has 0 aliphatic carbocycles. The van der Waals surface area contributed by atoms with Gasteiger partial charge in [0.05, 0.1) is 10.3 Å². The van der Waals surface area contributed by atoms with Crippen LogP contribution in [-0.2, 0) is 11.3 Å². The number of thioether (sulfide) groups is 1. The molecule has 1 fully saturated rings. The Hall–Kier alpha value is -1.41. The van der Waals surface area contributed by atoms with E-state index in [4.69, 9.17) is 4.74 Å². The van der Waals surface area contributed by atoms with Crippen molar-refractivity contribution in [3.8, 4) is 0 Å². The molecule has 114 valence electrons. The number of thiol groups is 1. The van der Waals surface area contributed by atoms with Crippen molar-refractivity contribution in [3.05, 3.63) is 39.9 Å². The van der Waals surface area contributed by atoms with Gasteiger partial charge in [-0.3, -0.25) is 15.0 Å². The van der Waals surface area contributed by atoms with E-state index >= 15 is 0 Å². The highest BCUT2D eigenvalue weighted by molar-refractivity contribution is 7.99. The second-order valence-corrected chi connectivity index (χ2v) is 6.44. The first kappa shape index (κ1) is 16.0. The highest BCUT2D eigenvalue weighted by atomic mass is 32.2. The van der Waals surface area contributed by atoms with Gasteiger partial charge in [0.15, 0.2) is 0 Å². The van der Waals surface area contributed by atoms with Crippen LogP contribution in [0.5, 0.6) is 0 Å². The number of likely N-dealkylation sites (tertiary alicyclic amines) is 1. The molecule has 0 radical (unpaired) electrons. The number of nitro benzene ring substituents is 1. The summed E-state index contributed by atoms with van der Waals surface area (Å²) in [5, 5.41) is 10.8. The van der Waals surface area contributed by atoms with Gasteiger partial charge in [-0.05, 0) is 30.4 Å². The number of nitro groups is 1. The summed E-state index contributed by atoms with van der Waals surface area (Å²) < 4.78 is 5.23. The summed E-state index contributed by atoms with van der Waals surface area (Å²) in [5.74, 6) is 0. The van der Waals surface area contributed by atoms with E-state index in [0.717, 1.165) is 6.42 Å². The molecule has 2 atom stereocenters. The molecule has 21 heavy (non-hydrogen) atoms. The molecule has 1 aromatic carbocycles. The quantitative estimate of drug-likeness (QED) is 0.523. The molecule has 0 spiro atoms. The molecule has 1 aliphatic rings. The number of amides is 1. The van der Waals surface area contributed by atoms with Crippen LogP contribution >= 0.6 is 24.4 Å². The maximum atomic E-state index is 12.0. The average Bonchev–Trinajstić information content (AvgIpc) is 2.86. The molecule has 0 bridgehead atoms. The molecular formula is C13H16N2O4S2. The number of non-ortho nitro benzene ring substituents is 1. The molecular weight excluding hydrogens is 312 g/mol. The monoisotopic (exact) mass is 328 g/mol. The fraction of sp³-hybridized carbons (Fsp3) is 0.462. The Morgan fingerprint density at radius 2 is 2.19 bits per heavy atom. The van der Waals surface area contributed by atoms with Gasteiger partial charge < -0.3 is 4.74 Å². The summed E-state index contributed by atoms with van der Waals surface area (Å²) in [7, 11) is 0. The first-order valence-electron chi connectivity index (χ1n) is 6.39. The third-order valence-corrected chi connectivity index (χ3v) is 4.81. The van der Waals surface area contributed by atoms with Crippen LogP contribution in [0.2, 0.25) is 0 Å². The Morgan fingerprint density at radius 1 is 1.52 bits per heavy atom. The van der Waals surface area contributed by atoms with Gasteiger partial charge in [-0.25, -0.2) is 4.79 Å². The van der Waals surface area contributed by atoms with Crippen LogP contribution in [0.3, 0.4) is 0 Å². The summed E-state index contributed by atoms with van der Waals surface area (Å²) in [4.78, 5) is 23.7. The number of ether oxygens (including phenoxy) is 1. The summed E-state index contributed by atoms with van der Waals surface area (Å²) in [5.41, 5.74) is 0.730.